The summed E-state index contributed by atoms with van der Waals surface area (Å²) in [7, 11) is 0. The number of aromatic nitrogens is 2. The summed E-state index contributed by atoms with van der Waals surface area (Å²) in [6.45, 7) is 6.86. The topological polar surface area (TPSA) is 69.2 Å². The Morgan fingerprint density at radius 2 is 2.23 bits per heavy atom. The monoisotopic (exact) mass is 321 g/mol. The maximum absolute atomic E-state index is 12.9. The van der Waals surface area contributed by atoms with E-state index < -0.39 is 0 Å². The summed E-state index contributed by atoms with van der Waals surface area (Å²) in [6.07, 6.45) is 0.200. The standard InChI is InChI=1S/C16H20ClN3O2/c1-9-18-12-7-10(17)6-11(14(12)19-9)15(22)20-5-4-13(21)16(2,3)8-20/h6-7,13,21H,4-5,8H2,1-3H3,(H,18,19). The number of carbonyl (C=O) groups excluding carboxylic acids is 1. The molecule has 1 amide bonds. The minimum atomic E-state index is -0.386. The van der Waals surface area contributed by atoms with Crippen LogP contribution in [0.25, 0.3) is 11.0 Å². The number of carbonyl (C=O) groups is 1. The molecular formula is C16H20ClN3O2. The normalized spacial score (nSPS) is 21.3. The number of amides is 1. The van der Waals surface area contributed by atoms with E-state index in [0.29, 0.717) is 35.6 Å². The quantitative estimate of drug-likeness (QED) is 0.848. The van der Waals surface area contributed by atoms with Crippen LogP contribution in [0.5, 0.6) is 0 Å². The molecule has 1 aromatic carbocycles. The molecule has 2 N–H and O–H groups in total. The second kappa shape index (κ2) is 5.25. The fourth-order valence-electron chi connectivity index (χ4n) is 3.06. The molecular weight excluding hydrogens is 302 g/mol. The Morgan fingerprint density at radius 1 is 1.50 bits per heavy atom. The van der Waals surface area contributed by atoms with E-state index in [2.05, 4.69) is 9.97 Å². The third-order valence-corrected chi connectivity index (χ3v) is 4.58. The SMILES string of the molecule is Cc1nc2c(C(=O)N3CCC(O)C(C)(C)C3)cc(Cl)cc2[nH]1. The molecule has 0 bridgehead atoms. The smallest absolute Gasteiger partial charge is 0.256 e. The summed E-state index contributed by atoms with van der Waals surface area (Å²) < 4.78 is 0. The zero-order valence-corrected chi connectivity index (χ0v) is 13.7. The molecule has 1 atom stereocenters. The number of nitrogens with zero attached hydrogens (tertiary/aromatic N) is 2. The Bertz CT molecular complexity index is 738. The molecule has 1 aliphatic heterocycles. The van der Waals surface area contributed by atoms with E-state index in [1.807, 2.05) is 20.8 Å². The van der Waals surface area contributed by atoms with Gasteiger partial charge in [-0.15, -0.1) is 0 Å². The molecule has 0 aliphatic carbocycles. The van der Waals surface area contributed by atoms with Gasteiger partial charge in [0.15, 0.2) is 0 Å². The van der Waals surface area contributed by atoms with Crippen molar-refractivity contribution in [2.75, 3.05) is 13.1 Å². The Morgan fingerprint density at radius 3 is 2.91 bits per heavy atom. The van der Waals surface area contributed by atoms with Crippen molar-refractivity contribution < 1.29 is 9.90 Å². The molecule has 2 heterocycles. The first-order valence-corrected chi connectivity index (χ1v) is 7.79. The van der Waals surface area contributed by atoms with Crippen LogP contribution in [-0.4, -0.2) is 45.1 Å². The van der Waals surface area contributed by atoms with Crippen LogP contribution < -0.4 is 0 Å². The average Bonchev–Trinajstić information content (AvgIpc) is 2.80. The van der Waals surface area contributed by atoms with Gasteiger partial charge in [0.1, 0.15) is 11.3 Å². The van der Waals surface area contributed by atoms with Gasteiger partial charge in [-0.2, -0.15) is 0 Å². The first kappa shape index (κ1) is 15.3. The van der Waals surface area contributed by atoms with E-state index in [1.165, 1.54) is 0 Å². The summed E-state index contributed by atoms with van der Waals surface area (Å²) in [4.78, 5) is 22.2. The van der Waals surface area contributed by atoms with Gasteiger partial charge in [0.05, 0.1) is 17.2 Å². The van der Waals surface area contributed by atoms with E-state index in [9.17, 15) is 9.90 Å². The lowest BCUT2D eigenvalue weighted by Crippen LogP contribution is -2.50. The van der Waals surface area contributed by atoms with Gasteiger partial charge in [0.2, 0.25) is 0 Å². The number of aryl methyl sites for hydroxylation is 1. The molecule has 5 nitrogen and oxygen atoms in total. The Balaban J connectivity index is 1.99. The zero-order chi connectivity index (χ0) is 16.1. The lowest BCUT2D eigenvalue weighted by molar-refractivity contribution is -0.0181. The summed E-state index contributed by atoms with van der Waals surface area (Å²) in [6, 6.07) is 3.45. The third-order valence-electron chi connectivity index (χ3n) is 4.36. The van der Waals surface area contributed by atoms with Crippen molar-refractivity contribution in [3.63, 3.8) is 0 Å². The molecule has 1 fully saturated rings. The van der Waals surface area contributed by atoms with Crippen LogP contribution in [0.2, 0.25) is 5.02 Å². The van der Waals surface area contributed by atoms with E-state index in [-0.39, 0.29) is 17.4 Å². The van der Waals surface area contributed by atoms with Gasteiger partial charge in [-0.3, -0.25) is 4.79 Å². The lowest BCUT2D eigenvalue weighted by atomic mass is 9.81. The molecule has 2 aromatic rings. The van der Waals surface area contributed by atoms with Crippen LogP contribution in [0.4, 0.5) is 0 Å². The fraction of sp³-hybridized carbons (Fsp3) is 0.500. The fourth-order valence-corrected chi connectivity index (χ4v) is 3.28. The molecule has 1 saturated heterocycles. The summed E-state index contributed by atoms with van der Waals surface area (Å²) in [5.74, 6) is 0.666. The number of fused-ring (bicyclic) bond motifs is 1. The predicted octanol–water partition coefficient (Wildman–Crippen LogP) is 2.76. The number of aromatic amines is 1. The molecule has 6 heteroatoms. The van der Waals surface area contributed by atoms with Crippen LogP contribution in [0.15, 0.2) is 12.1 Å². The van der Waals surface area contributed by atoms with Crippen molar-refractivity contribution in [2.24, 2.45) is 5.41 Å². The van der Waals surface area contributed by atoms with Gasteiger partial charge >= 0.3 is 0 Å². The highest BCUT2D eigenvalue weighted by Gasteiger charge is 2.37. The highest BCUT2D eigenvalue weighted by molar-refractivity contribution is 6.32. The van der Waals surface area contributed by atoms with Crippen molar-refractivity contribution in [2.45, 2.75) is 33.3 Å². The molecule has 1 unspecified atom stereocenters. The molecule has 3 rings (SSSR count). The number of hydrogen-bond acceptors (Lipinski definition) is 3. The van der Waals surface area contributed by atoms with Crippen molar-refractivity contribution in [3.05, 3.63) is 28.5 Å². The van der Waals surface area contributed by atoms with Crippen molar-refractivity contribution in [3.8, 4) is 0 Å². The molecule has 22 heavy (non-hydrogen) atoms. The first-order valence-electron chi connectivity index (χ1n) is 7.41. The van der Waals surface area contributed by atoms with E-state index in [4.69, 9.17) is 11.6 Å². The van der Waals surface area contributed by atoms with Gasteiger partial charge < -0.3 is 15.0 Å². The maximum Gasteiger partial charge on any atom is 0.256 e. The number of imidazole rings is 1. The largest absolute Gasteiger partial charge is 0.392 e. The number of halogens is 1. The molecule has 1 aliphatic rings. The van der Waals surface area contributed by atoms with Gasteiger partial charge in [-0.05, 0) is 25.5 Å². The zero-order valence-electron chi connectivity index (χ0n) is 13.0. The Hall–Kier alpha value is -1.59. The van der Waals surface area contributed by atoms with Crippen LogP contribution in [-0.2, 0) is 0 Å². The maximum atomic E-state index is 12.9. The molecule has 118 valence electrons. The van der Waals surface area contributed by atoms with Gasteiger partial charge in [-0.25, -0.2) is 4.98 Å². The third kappa shape index (κ3) is 2.59. The number of benzene rings is 1. The lowest BCUT2D eigenvalue weighted by Gasteiger charge is -2.41. The second-order valence-electron chi connectivity index (χ2n) is 6.69. The summed E-state index contributed by atoms with van der Waals surface area (Å²) in [5, 5.41) is 10.6. The van der Waals surface area contributed by atoms with Crippen LogP contribution in [0, 0.1) is 12.3 Å². The predicted molar refractivity (Wildman–Crippen MR) is 86.1 cm³/mol. The van der Waals surface area contributed by atoms with E-state index in [1.54, 1.807) is 17.0 Å². The minimum absolute atomic E-state index is 0.0843. The van der Waals surface area contributed by atoms with E-state index >= 15 is 0 Å². The van der Waals surface area contributed by atoms with Crippen LogP contribution >= 0.6 is 11.6 Å². The minimum Gasteiger partial charge on any atom is -0.392 e. The number of hydrogen-bond donors (Lipinski definition) is 2. The number of H-pyrrole nitrogens is 1. The number of nitrogens with one attached hydrogen (secondary N) is 1. The van der Waals surface area contributed by atoms with Gasteiger partial charge in [0.25, 0.3) is 5.91 Å². The van der Waals surface area contributed by atoms with Crippen LogP contribution in [0.1, 0.15) is 36.5 Å². The first-order chi connectivity index (χ1) is 10.3. The van der Waals surface area contributed by atoms with Crippen molar-refractivity contribution >= 4 is 28.5 Å². The van der Waals surface area contributed by atoms with Crippen molar-refractivity contribution in [1.29, 1.82) is 0 Å². The molecule has 1 aromatic heterocycles. The molecule has 0 saturated carbocycles. The van der Waals surface area contributed by atoms with Crippen LogP contribution in [0.3, 0.4) is 0 Å². The number of rotatable bonds is 1. The Labute approximate surface area is 134 Å². The number of likely N-dealkylation sites (tertiary alicyclic amines) is 1. The summed E-state index contributed by atoms with van der Waals surface area (Å²) in [5.41, 5.74) is 1.62. The number of piperidine rings is 1. The molecule has 0 spiro atoms. The second-order valence-corrected chi connectivity index (χ2v) is 7.13. The van der Waals surface area contributed by atoms with Crippen molar-refractivity contribution in [1.82, 2.24) is 14.9 Å². The highest BCUT2D eigenvalue weighted by Crippen LogP contribution is 2.31. The van der Waals surface area contributed by atoms with E-state index in [0.717, 1.165) is 11.3 Å². The molecule has 0 radical (unpaired) electrons. The Kier molecular flexibility index (Phi) is 3.65. The average molecular weight is 322 g/mol. The number of aliphatic hydroxyl groups is 1. The van der Waals surface area contributed by atoms with Gasteiger partial charge in [0, 0.05) is 23.5 Å². The summed E-state index contributed by atoms with van der Waals surface area (Å²) >= 11 is 6.14. The van der Waals surface area contributed by atoms with Gasteiger partial charge in [-0.1, -0.05) is 25.4 Å². The highest BCUT2D eigenvalue weighted by atomic mass is 35.5. The number of aliphatic hydroxyl groups excluding tert-OH is 1.